The van der Waals surface area contributed by atoms with E-state index in [0.717, 1.165) is 18.8 Å². The number of nitrogens with one attached hydrogen (secondary N) is 1. The molecule has 1 atom stereocenters. The van der Waals surface area contributed by atoms with E-state index in [4.69, 9.17) is 0 Å². The van der Waals surface area contributed by atoms with Crippen molar-refractivity contribution in [2.24, 2.45) is 0 Å². The van der Waals surface area contributed by atoms with Crippen LogP contribution in [0.1, 0.15) is 52.3 Å². The monoisotopic (exact) mass is 263 g/mol. The van der Waals surface area contributed by atoms with Crippen molar-refractivity contribution in [2.75, 3.05) is 7.05 Å². The molecule has 0 aromatic carbocycles. The molecule has 1 aromatic rings. The number of hydrogen-bond donors (Lipinski definition) is 1. The van der Waals surface area contributed by atoms with Gasteiger partial charge in [0, 0.05) is 30.9 Å². The average Bonchev–Trinajstić information content (AvgIpc) is 2.36. The number of rotatable bonds is 6. The normalized spacial score (nSPS) is 13.8. The van der Waals surface area contributed by atoms with Gasteiger partial charge in [-0.2, -0.15) is 0 Å². The summed E-state index contributed by atoms with van der Waals surface area (Å²) in [4.78, 5) is 6.90. The summed E-state index contributed by atoms with van der Waals surface area (Å²) in [6, 6.07) is 4.91. The second-order valence-corrected chi connectivity index (χ2v) is 6.43. The quantitative estimate of drug-likeness (QED) is 0.854. The molecule has 1 N–H and O–H groups in total. The molecule has 1 heterocycles. The summed E-state index contributed by atoms with van der Waals surface area (Å²) < 4.78 is 0. The third kappa shape index (κ3) is 6.17. The highest BCUT2D eigenvalue weighted by Crippen LogP contribution is 2.08. The minimum absolute atomic E-state index is 0.148. The molecule has 0 fully saturated rings. The van der Waals surface area contributed by atoms with Crippen LogP contribution in [0.2, 0.25) is 0 Å². The van der Waals surface area contributed by atoms with Crippen LogP contribution in [0.5, 0.6) is 0 Å². The first kappa shape index (κ1) is 16.1. The van der Waals surface area contributed by atoms with Crippen molar-refractivity contribution in [3.05, 3.63) is 29.6 Å². The van der Waals surface area contributed by atoms with Crippen molar-refractivity contribution >= 4 is 0 Å². The van der Waals surface area contributed by atoms with E-state index in [1.807, 2.05) is 6.20 Å². The molecule has 3 heteroatoms. The molecule has 0 aliphatic carbocycles. The smallest absolute Gasteiger partial charge is 0.0544 e. The second-order valence-electron chi connectivity index (χ2n) is 6.43. The lowest BCUT2D eigenvalue weighted by atomic mass is 10.1. The largest absolute Gasteiger partial charge is 0.308 e. The van der Waals surface area contributed by atoms with E-state index in [-0.39, 0.29) is 5.54 Å². The van der Waals surface area contributed by atoms with Crippen molar-refractivity contribution in [3.8, 4) is 0 Å². The molecule has 1 unspecified atom stereocenters. The van der Waals surface area contributed by atoms with E-state index in [1.54, 1.807) is 0 Å². The molecule has 0 saturated carbocycles. The van der Waals surface area contributed by atoms with Crippen LogP contribution in [0, 0.1) is 0 Å². The number of pyridine rings is 1. The maximum Gasteiger partial charge on any atom is 0.0544 e. The summed E-state index contributed by atoms with van der Waals surface area (Å²) in [7, 11) is 2.16. The molecule has 0 bridgehead atoms. The first-order valence-corrected chi connectivity index (χ1v) is 7.21. The molecule has 3 nitrogen and oxygen atoms in total. The van der Waals surface area contributed by atoms with E-state index in [0.29, 0.717) is 6.04 Å². The van der Waals surface area contributed by atoms with E-state index in [2.05, 4.69) is 69.0 Å². The Hall–Kier alpha value is -0.930. The van der Waals surface area contributed by atoms with Gasteiger partial charge < -0.3 is 5.32 Å². The molecule has 0 aliphatic heterocycles. The lowest BCUT2D eigenvalue weighted by Gasteiger charge is -2.23. The topological polar surface area (TPSA) is 28.2 Å². The van der Waals surface area contributed by atoms with Gasteiger partial charge in [-0.1, -0.05) is 13.0 Å². The van der Waals surface area contributed by atoms with Crippen LogP contribution >= 0.6 is 0 Å². The van der Waals surface area contributed by atoms with Crippen molar-refractivity contribution in [2.45, 2.75) is 65.7 Å². The Bertz CT molecular complexity index is 365. The van der Waals surface area contributed by atoms with Gasteiger partial charge in [0.1, 0.15) is 0 Å². The molecule has 1 rings (SSSR count). The van der Waals surface area contributed by atoms with Crippen LogP contribution in [0.3, 0.4) is 0 Å². The Kier molecular flexibility index (Phi) is 5.95. The molecule has 1 aromatic heterocycles. The van der Waals surface area contributed by atoms with E-state index >= 15 is 0 Å². The third-order valence-electron chi connectivity index (χ3n) is 3.46. The zero-order valence-corrected chi connectivity index (χ0v) is 13.3. The lowest BCUT2D eigenvalue weighted by molar-refractivity contribution is 0.241. The van der Waals surface area contributed by atoms with E-state index < -0.39 is 0 Å². The van der Waals surface area contributed by atoms with Gasteiger partial charge in [0.2, 0.25) is 0 Å². The zero-order valence-electron chi connectivity index (χ0n) is 13.3. The van der Waals surface area contributed by atoms with Gasteiger partial charge in [0.15, 0.2) is 0 Å². The summed E-state index contributed by atoms with van der Waals surface area (Å²) >= 11 is 0. The van der Waals surface area contributed by atoms with Gasteiger partial charge >= 0.3 is 0 Å². The maximum atomic E-state index is 4.55. The van der Waals surface area contributed by atoms with Crippen molar-refractivity contribution in [3.63, 3.8) is 0 Å². The lowest BCUT2D eigenvalue weighted by Crippen LogP contribution is -2.35. The summed E-state index contributed by atoms with van der Waals surface area (Å²) in [6.07, 6.45) is 3.16. The first-order valence-electron chi connectivity index (χ1n) is 7.21. The summed E-state index contributed by atoms with van der Waals surface area (Å²) in [5.41, 5.74) is 2.53. The zero-order chi connectivity index (χ0) is 14.5. The Morgan fingerprint density at radius 3 is 2.47 bits per heavy atom. The van der Waals surface area contributed by atoms with Gasteiger partial charge in [0.25, 0.3) is 0 Å². The first-order chi connectivity index (χ1) is 8.81. The van der Waals surface area contributed by atoms with Gasteiger partial charge in [-0.25, -0.2) is 0 Å². The van der Waals surface area contributed by atoms with Crippen LogP contribution in [0.15, 0.2) is 18.3 Å². The summed E-state index contributed by atoms with van der Waals surface area (Å²) in [5.74, 6) is 0. The average molecular weight is 263 g/mol. The molecule has 0 amide bonds. The second kappa shape index (κ2) is 7.01. The van der Waals surface area contributed by atoms with Gasteiger partial charge in [-0.15, -0.1) is 0 Å². The fraction of sp³-hybridized carbons (Fsp3) is 0.688. The van der Waals surface area contributed by atoms with Crippen LogP contribution in [0.4, 0.5) is 0 Å². The maximum absolute atomic E-state index is 4.55. The minimum atomic E-state index is 0.148. The van der Waals surface area contributed by atoms with Crippen molar-refractivity contribution in [1.82, 2.24) is 15.2 Å². The molecule has 0 saturated heterocycles. The Morgan fingerprint density at radius 2 is 2.00 bits per heavy atom. The Morgan fingerprint density at radius 1 is 1.32 bits per heavy atom. The predicted octanol–water partition coefficient (Wildman–Crippen LogP) is 3.20. The van der Waals surface area contributed by atoms with Gasteiger partial charge in [-0.05, 0) is 52.8 Å². The highest BCUT2D eigenvalue weighted by molar-refractivity contribution is 5.14. The standard InChI is InChI=1S/C16H29N3/c1-7-13(2)19(6)12-15-9-8-14(10-17-15)11-18-16(3,4)5/h8-10,13,18H,7,11-12H2,1-6H3. The number of aromatic nitrogens is 1. The van der Waals surface area contributed by atoms with E-state index in [9.17, 15) is 0 Å². The van der Waals surface area contributed by atoms with Crippen molar-refractivity contribution < 1.29 is 0 Å². The predicted molar refractivity (Wildman–Crippen MR) is 82.0 cm³/mol. The summed E-state index contributed by atoms with van der Waals surface area (Å²) in [5, 5.41) is 3.48. The molecule has 0 aliphatic rings. The Labute approximate surface area is 118 Å². The SMILES string of the molecule is CCC(C)N(C)Cc1ccc(CNC(C)(C)C)cn1. The number of nitrogens with zero attached hydrogens (tertiary/aromatic N) is 2. The Balaban J connectivity index is 2.52. The molecule has 0 spiro atoms. The molecule has 19 heavy (non-hydrogen) atoms. The van der Waals surface area contributed by atoms with Crippen LogP contribution in [-0.4, -0.2) is 28.5 Å². The van der Waals surface area contributed by atoms with E-state index in [1.165, 1.54) is 12.0 Å². The fourth-order valence-corrected chi connectivity index (χ4v) is 1.74. The molecular weight excluding hydrogens is 234 g/mol. The van der Waals surface area contributed by atoms with Crippen molar-refractivity contribution in [1.29, 1.82) is 0 Å². The van der Waals surface area contributed by atoms with Crippen LogP contribution in [0.25, 0.3) is 0 Å². The van der Waals surface area contributed by atoms with Gasteiger partial charge in [-0.3, -0.25) is 9.88 Å². The van der Waals surface area contributed by atoms with Crippen LogP contribution in [-0.2, 0) is 13.1 Å². The number of hydrogen-bond acceptors (Lipinski definition) is 3. The molecule has 0 radical (unpaired) electrons. The van der Waals surface area contributed by atoms with Crippen LogP contribution < -0.4 is 5.32 Å². The molecular formula is C16H29N3. The summed E-state index contributed by atoms with van der Waals surface area (Å²) in [6.45, 7) is 12.8. The minimum Gasteiger partial charge on any atom is -0.308 e. The third-order valence-corrected chi connectivity index (χ3v) is 3.46. The fourth-order valence-electron chi connectivity index (χ4n) is 1.74. The highest BCUT2D eigenvalue weighted by atomic mass is 15.1. The highest BCUT2D eigenvalue weighted by Gasteiger charge is 2.10. The van der Waals surface area contributed by atoms with Gasteiger partial charge in [0.05, 0.1) is 5.69 Å². The molecule has 108 valence electrons.